The summed E-state index contributed by atoms with van der Waals surface area (Å²) in [4.78, 5) is 11.6. The number of hydrogen-bond donors (Lipinski definition) is 4. The Hall–Kier alpha value is -0.650. The van der Waals surface area contributed by atoms with Gasteiger partial charge in [-0.25, -0.2) is 0 Å². The van der Waals surface area contributed by atoms with Gasteiger partial charge in [0.15, 0.2) is 0 Å². The maximum absolute atomic E-state index is 11.6. The third-order valence-electron chi connectivity index (χ3n) is 2.77. The van der Waals surface area contributed by atoms with Gasteiger partial charge in [0.05, 0.1) is 0 Å². The minimum absolute atomic E-state index is 0.133. The Bertz CT molecular complexity index is 187. The van der Waals surface area contributed by atoms with Crippen LogP contribution in [0.15, 0.2) is 0 Å². The topological polar surface area (TPSA) is 65.2 Å². The minimum atomic E-state index is 0.133. The highest BCUT2D eigenvalue weighted by Crippen LogP contribution is 2.03. The first kappa shape index (κ1) is 16.4. The predicted octanol–water partition coefficient (Wildman–Crippen LogP) is -0.310. The van der Waals surface area contributed by atoms with Gasteiger partial charge < -0.3 is 21.3 Å². The minimum Gasteiger partial charge on any atom is -0.355 e. The zero-order valence-electron chi connectivity index (χ0n) is 11.4. The van der Waals surface area contributed by atoms with Crippen molar-refractivity contribution in [1.82, 2.24) is 21.3 Å². The molecule has 0 bridgehead atoms. The van der Waals surface area contributed by atoms with E-state index in [2.05, 4.69) is 21.3 Å². The van der Waals surface area contributed by atoms with Crippen LogP contribution in [-0.2, 0) is 4.79 Å². The van der Waals surface area contributed by atoms with E-state index in [1.807, 2.05) is 21.1 Å². The average molecular weight is 244 g/mol. The zero-order valence-corrected chi connectivity index (χ0v) is 11.4. The van der Waals surface area contributed by atoms with Crippen LogP contribution >= 0.6 is 0 Å². The Balaban J connectivity index is 3.60. The molecule has 0 spiro atoms. The molecule has 0 radical (unpaired) electrons. The van der Waals surface area contributed by atoms with Gasteiger partial charge in [0.1, 0.15) is 0 Å². The second-order valence-electron chi connectivity index (χ2n) is 4.24. The lowest BCUT2D eigenvalue weighted by atomic mass is 10.1. The Labute approximate surface area is 105 Å². The summed E-state index contributed by atoms with van der Waals surface area (Å²) in [7, 11) is 5.76. The highest BCUT2D eigenvalue weighted by atomic mass is 16.1. The third kappa shape index (κ3) is 10.2. The van der Waals surface area contributed by atoms with Gasteiger partial charge in [-0.05, 0) is 40.5 Å². The molecule has 0 unspecified atom stereocenters. The summed E-state index contributed by atoms with van der Waals surface area (Å²) in [5, 5.41) is 12.2. The molecule has 1 amide bonds. The van der Waals surface area contributed by atoms with Gasteiger partial charge in [-0.15, -0.1) is 0 Å². The SMILES string of the molecule is CNCCCC[C@@H](CC(=O)NCCNC)NC. The van der Waals surface area contributed by atoms with Gasteiger partial charge >= 0.3 is 0 Å². The molecule has 0 aromatic rings. The van der Waals surface area contributed by atoms with Crippen molar-refractivity contribution in [2.75, 3.05) is 40.8 Å². The molecule has 0 aromatic carbocycles. The number of carbonyl (C=O) groups is 1. The number of unbranched alkanes of at least 4 members (excludes halogenated alkanes) is 1. The van der Waals surface area contributed by atoms with Crippen LogP contribution in [0, 0.1) is 0 Å². The Morgan fingerprint density at radius 2 is 1.71 bits per heavy atom. The summed E-state index contributed by atoms with van der Waals surface area (Å²) in [6, 6.07) is 0.293. The molecule has 4 N–H and O–H groups in total. The first-order valence-electron chi connectivity index (χ1n) is 6.47. The fraction of sp³-hybridized carbons (Fsp3) is 0.917. The molecule has 0 fully saturated rings. The summed E-state index contributed by atoms with van der Waals surface area (Å²) in [6.07, 6.45) is 3.93. The van der Waals surface area contributed by atoms with E-state index in [1.165, 1.54) is 0 Å². The van der Waals surface area contributed by atoms with Crippen LogP contribution in [0.3, 0.4) is 0 Å². The predicted molar refractivity (Wildman–Crippen MR) is 72.2 cm³/mol. The van der Waals surface area contributed by atoms with Gasteiger partial charge in [-0.3, -0.25) is 4.79 Å². The van der Waals surface area contributed by atoms with Gasteiger partial charge in [-0.1, -0.05) is 6.42 Å². The smallest absolute Gasteiger partial charge is 0.221 e. The van der Waals surface area contributed by atoms with Gasteiger partial charge in [0.25, 0.3) is 0 Å². The fourth-order valence-corrected chi connectivity index (χ4v) is 1.66. The van der Waals surface area contributed by atoms with Gasteiger partial charge in [0, 0.05) is 25.6 Å². The lowest BCUT2D eigenvalue weighted by molar-refractivity contribution is -0.121. The summed E-state index contributed by atoms with van der Waals surface area (Å²) in [5.74, 6) is 0.133. The lowest BCUT2D eigenvalue weighted by Crippen LogP contribution is -2.36. The Kier molecular flexibility index (Phi) is 11.4. The zero-order chi connectivity index (χ0) is 12.9. The van der Waals surface area contributed by atoms with Crippen molar-refractivity contribution in [3.05, 3.63) is 0 Å². The van der Waals surface area contributed by atoms with Crippen molar-refractivity contribution < 1.29 is 4.79 Å². The van der Waals surface area contributed by atoms with Crippen LogP contribution in [-0.4, -0.2) is 52.7 Å². The van der Waals surface area contributed by atoms with Crippen LogP contribution in [0.1, 0.15) is 25.7 Å². The Morgan fingerprint density at radius 3 is 2.29 bits per heavy atom. The molecule has 0 saturated heterocycles. The second-order valence-corrected chi connectivity index (χ2v) is 4.24. The van der Waals surface area contributed by atoms with Crippen LogP contribution < -0.4 is 21.3 Å². The van der Waals surface area contributed by atoms with Crippen molar-refractivity contribution in [2.45, 2.75) is 31.7 Å². The van der Waals surface area contributed by atoms with E-state index in [-0.39, 0.29) is 5.91 Å². The molecule has 0 heterocycles. The third-order valence-corrected chi connectivity index (χ3v) is 2.77. The highest BCUT2D eigenvalue weighted by molar-refractivity contribution is 5.76. The standard InChI is InChI=1S/C12H28N4O/c1-13-7-5-4-6-11(15-3)10-12(17)16-9-8-14-2/h11,13-15H,4-10H2,1-3H3,(H,16,17)/t11-/m0/s1. The molecule has 5 nitrogen and oxygen atoms in total. The number of carbonyl (C=O) groups excluding carboxylic acids is 1. The van der Waals surface area contributed by atoms with Crippen molar-refractivity contribution in [3.8, 4) is 0 Å². The molecular formula is C12H28N4O. The normalized spacial score (nSPS) is 12.4. The molecule has 102 valence electrons. The first-order chi connectivity index (χ1) is 8.24. The van der Waals surface area contributed by atoms with E-state index in [9.17, 15) is 4.79 Å². The van der Waals surface area contributed by atoms with E-state index in [0.29, 0.717) is 19.0 Å². The first-order valence-corrected chi connectivity index (χ1v) is 6.47. The van der Waals surface area contributed by atoms with E-state index < -0.39 is 0 Å². The van der Waals surface area contributed by atoms with Crippen molar-refractivity contribution in [2.24, 2.45) is 0 Å². The molecule has 5 heteroatoms. The molecular weight excluding hydrogens is 216 g/mol. The number of amides is 1. The van der Waals surface area contributed by atoms with Crippen LogP contribution in [0.2, 0.25) is 0 Å². The van der Waals surface area contributed by atoms with Crippen molar-refractivity contribution in [3.63, 3.8) is 0 Å². The molecule has 0 aliphatic rings. The molecule has 1 atom stereocenters. The van der Waals surface area contributed by atoms with Crippen LogP contribution in [0.5, 0.6) is 0 Å². The van der Waals surface area contributed by atoms with Gasteiger partial charge in [0.2, 0.25) is 5.91 Å². The quantitative estimate of drug-likeness (QED) is 0.377. The number of likely N-dealkylation sites (N-methyl/N-ethyl adjacent to an activating group) is 1. The molecule has 0 aliphatic carbocycles. The maximum Gasteiger partial charge on any atom is 0.221 e. The fourth-order valence-electron chi connectivity index (χ4n) is 1.66. The van der Waals surface area contributed by atoms with E-state index in [0.717, 1.165) is 32.4 Å². The molecule has 0 saturated carbocycles. The van der Waals surface area contributed by atoms with Crippen molar-refractivity contribution in [1.29, 1.82) is 0 Å². The number of hydrogen-bond acceptors (Lipinski definition) is 4. The molecule has 0 aromatic heterocycles. The number of nitrogens with one attached hydrogen (secondary N) is 4. The lowest BCUT2D eigenvalue weighted by Gasteiger charge is -2.15. The van der Waals surface area contributed by atoms with E-state index in [1.54, 1.807) is 0 Å². The highest BCUT2D eigenvalue weighted by Gasteiger charge is 2.10. The average Bonchev–Trinajstić information content (AvgIpc) is 2.33. The van der Waals surface area contributed by atoms with Crippen molar-refractivity contribution >= 4 is 5.91 Å². The summed E-state index contributed by atoms with van der Waals surface area (Å²) in [6.45, 7) is 2.56. The molecule has 17 heavy (non-hydrogen) atoms. The maximum atomic E-state index is 11.6. The van der Waals surface area contributed by atoms with Crippen LogP contribution in [0.4, 0.5) is 0 Å². The number of rotatable bonds is 11. The summed E-state index contributed by atoms with van der Waals surface area (Å²) < 4.78 is 0. The van der Waals surface area contributed by atoms with Gasteiger partial charge in [-0.2, -0.15) is 0 Å². The van der Waals surface area contributed by atoms with E-state index >= 15 is 0 Å². The molecule has 0 aliphatic heterocycles. The Morgan fingerprint density at radius 1 is 1.00 bits per heavy atom. The monoisotopic (exact) mass is 244 g/mol. The second kappa shape index (κ2) is 11.8. The summed E-state index contributed by atoms with van der Waals surface area (Å²) in [5.41, 5.74) is 0. The van der Waals surface area contributed by atoms with E-state index in [4.69, 9.17) is 0 Å². The van der Waals surface area contributed by atoms with Crippen LogP contribution in [0.25, 0.3) is 0 Å². The molecule has 0 rings (SSSR count). The largest absolute Gasteiger partial charge is 0.355 e. The summed E-state index contributed by atoms with van der Waals surface area (Å²) >= 11 is 0.